The maximum Gasteiger partial charge on any atom is 0.150 e. The summed E-state index contributed by atoms with van der Waals surface area (Å²) in [5, 5.41) is 1.20. The van der Waals surface area contributed by atoms with Gasteiger partial charge in [-0.25, -0.2) is 0 Å². The van der Waals surface area contributed by atoms with E-state index in [1.165, 1.54) is 5.39 Å². The average molecular weight is 233 g/mol. The highest BCUT2D eigenvalue weighted by Gasteiger charge is 2.01. The maximum atomic E-state index is 10.7. The fraction of sp³-hybridized carbons (Fsp3) is 0.308. The second-order valence-corrected chi connectivity index (χ2v) is 5.04. The van der Waals surface area contributed by atoms with Crippen molar-refractivity contribution in [3.8, 4) is 0 Å². The summed E-state index contributed by atoms with van der Waals surface area (Å²) in [5.74, 6) is 2.27. The fourth-order valence-corrected chi connectivity index (χ4v) is 2.39. The lowest BCUT2D eigenvalue weighted by Gasteiger charge is -2.04. The molecule has 0 atom stereocenters. The molecule has 0 fully saturated rings. The van der Waals surface area contributed by atoms with Gasteiger partial charge in [0.15, 0.2) is 0 Å². The molecule has 2 rings (SSSR count). The summed E-state index contributed by atoms with van der Waals surface area (Å²) in [4.78, 5) is 10.7. The number of aromatic nitrogens is 1. The Kier molecular flexibility index (Phi) is 3.67. The van der Waals surface area contributed by atoms with Crippen molar-refractivity contribution in [1.82, 2.24) is 4.57 Å². The molecule has 0 aliphatic rings. The van der Waals surface area contributed by atoms with E-state index in [-0.39, 0.29) is 0 Å². The first-order valence-electron chi connectivity index (χ1n) is 5.47. The Balaban J connectivity index is 2.27. The third kappa shape index (κ3) is 2.30. The van der Waals surface area contributed by atoms with Gasteiger partial charge < -0.3 is 4.57 Å². The van der Waals surface area contributed by atoms with Crippen LogP contribution >= 0.6 is 11.8 Å². The van der Waals surface area contributed by atoms with Crippen LogP contribution < -0.4 is 0 Å². The van der Waals surface area contributed by atoms with Gasteiger partial charge in [0.05, 0.1) is 0 Å². The largest absolute Gasteiger partial charge is 0.347 e. The lowest BCUT2D eigenvalue weighted by Crippen LogP contribution is -1.99. The van der Waals surface area contributed by atoms with Crippen molar-refractivity contribution in [2.75, 3.05) is 11.5 Å². The van der Waals surface area contributed by atoms with Crippen molar-refractivity contribution < 1.29 is 4.79 Å². The Hall–Kier alpha value is -1.22. The van der Waals surface area contributed by atoms with Crippen molar-refractivity contribution >= 4 is 29.0 Å². The molecule has 0 N–H and O–H groups in total. The number of aldehydes is 1. The minimum Gasteiger partial charge on any atom is -0.347 e. The molecule has 2 aromatic rings. The third-order valence-corrected chi connectivity index (χ3v) is 3.49. The molecule has 0 saturated heterocycles. The Morgan fingerprint density at radius 2 is 2.25 bits per heavy atom. The van der Waals surface area contributed by atoms with Crippen molar-refractivity contribution in [2.45, 2.75) is 13.5 Å². The van der Waals surface area contributed by atoms with E-state index in [2.05, 4.69) is 23.8 Å². The Morgan fingerprint density at radius 1 is 1.38 bits per heavy atom. The zero-order valence-corrected chi connectivity index (χ0v) is 10.2. The number of thioether (sulfide) groups is 1. The minimum absolute atomic E-state index is 0.746. The molecule has 0 unspecified atom stereocenters. The number of benzene rings is 1. The summed E-state index contributed by atoms with van der Waals surface area (Å²) >= 11 is 1.93. The first kappa shape index (κ1) is 11.3. The molecule has 2 nitrogen and oxygen atoms in total. The number of hydrogen-bond donors (Lipinski definition) is 0. The molecule has 84 valence electrons. The van der Waals surface area contributed by atoms with Gasteiger partial charge in [-0.1, -0.05) is 19.1 Å². The van der Waals surface area contributed by atoms with Crippen molar-refractivity contribution in [3.63, 3.8) is 0 Å². The van der Waals surface area contributed by atoms with Gasteiger partial charge in [0.25, 0.3) is 0 Å². The molecule has 0 aliphatic heterocycles. The number of fused-ring (bicyclic) bond motifs is 1. The zero-order valence-electron chi connectivity index (χ0n) is 9.35. The normalized spacial score (nSPS) is 10.8. The van der Waals surface area contributed by atoms with Crippen LogP contribution in [0.5, 0.6) is 0 Å². The molecular weight excluding hydrogens is 218 g/mol. The second kappa shape index (κ2) is 5.21. The van der Waals surface area contributed by atoms with E-state index in [4.69, 9.17) is 0 Å². The van der Waals surface area contributed by atoms with E-state index in [1.807, 2.05) is 30.0 Å². The summed E-state index contributed by atoms with van der Waals surface area (Å²) in [6.07, 6.45) is 2.99. The lowest BCUT2D eigenvalue weighted by atomic mass is 10.2. The number of hydrogen-bond acceptors (Lipinski definition) is 2. The number of nitrogens with zero attached hydrogens (tertiary/aromatic N) is 1. The predicted octanol–water partition coefficient (Wildman–Crippen LogP) is 3.21. The van der Waals surface area contributed by atoms with E-state index >= 15 is 0 Å². The standard InChI is InChI=1S/C13H15NOS/c1-2-16-8-7-14-6-5-12-4-3-11(10-15)9-13(12)14/h3-6,9-10H,2,7-8H2,1H3. The Morgan fingerprint density at radius 3 is 3.00 bits per heavy atom. The number of carbonyl (C=O) groups excluding carboxylic acids is 1. The van der Waals surface area contributed by atoms with Gasteiger partial charge in [-0.05, 0) is 23.3 Å². The van der Waals surface area contributed by atoms with Gasteiger partial charge in [0.1, 0.15) is 6.29 Å². The predicted molar refractivity (Wildman–Crippen MR) is 70.3 cm³/mol. The molecular formula is C13H15NOS. The van der Waals surface area contributed by atoms with Gasteiger partial charge in [-0.15, -0.1) is 0 Å². The second-order valence-electron chi connectivity index (χ2n) is 3.64. The van der Waals surface area contributed by atoms with Gasteiger partial charge in [0.2, 0.25) is 0 Å². The molecule has 0 spiro atoms. The van der Waals surface area contributed by atoms with E-state index in [0.29, 0.717) is 0 Å². The van der Waals surface area contributed by atoms with Gasteiger partial charge in [-0.2, -0.15) is 11.8 Å². The van der Waals surface area contributed by atoms with Gasteiger partial charge in [0, 0.05) is 29.6 Å². The van der Waals surface area contributed by atoms with Crippen LogP contribution in [0.2, 0.25) is 0 Å². The Labute approximate surface area is 99.6 Å². The number of carbonyl (C=O) groups is 1. The molecule has 3 heteroatoms. The quantitative estimate of drug-likeness (QED) is 0.584. The van der Waals surface area contributed by atoms with Crippen molar-refractivity contribution in [1.29, 1.82) is 0 Å². The first-order chi connectivity index (χ1) is 7.85. The average Bonchev–Trinajstić information content (AvgIpc) is 2.72. The van der Waals surface area contributed by atoms with E-state index < -0.39 is 0 Å². The SMILES string of the molecule is CCSCCn1ccc2ccc(C=O)cc21. The summed E-state index contributed by atoms with van der Waals surface area (Å²) in [7, 11) is 0. The minimum atomic E-state index is 0.746. The summed E-state index contributed by atoms with van der Waals surface area (Å²) in [5.41, 5.74) is 1.90. The molecule has 0 amide bonds. The van der Waals surface area contributed by atoms with E-state index in [9.17, 15) is 4.79 Å². The molecule has 0 aliphatic carbocycles. The zero-order chi connectivity index (χ0) is 11.4. The summed E-state index contributed by atoms with van der Waals surface area (Å²) in [6.45, 7) is 3.17. The van der Waals surface area contributed by atoms with Gasteiger partial charge >= 0.3 is 0 Å². The van der Waals surface area contributed by atoms with Crippen LogP contribution in [0.4, 0.5) is 0 Å². The molecule has 0 radical (unpaired) electrons. The highest BCUT2D eigenvalue weighted by atomic mass is 32.2. The van der Waals surface area contributed by atoms with Crippen LogP contribution in [-0.4, -0.2) is 22.4 Å². The maximum absolute atomic E-state index is 10.7. The van der Waals surface area contributed by atoms with E-state index in [1.54, 1.807) is 0 Å². The lowest BCUT2D eigenvalue weighted by molar-refractivity contribution is 0.112. The van der Waals surface area contributed by atoms with Gasteiger partial charge in [-0.3, -0.25) is 4.79 Å². The molecule has 0 saturated carbocycles. The smallest absolute Gasteiger partial charge is 0.150 e. The number of rotatable bonds is 5. The Bertz CT molecular complexity index is 490. The van der Waals surface area contributed by atoms with Crippen molar-refractivity contribution in [2.24, 2.45) is 0 Å². The third-order valence-electron chi connectivity index (χ3n) is 2.61. The topological polar surface area (TPSA) is 22.0 Å². The summed E-state index contributed by atoms with van der Waals surface area (Å²) < 4.78 is 2.21. The van der Waals surface area contributed by atoms with Crippen LogP contribution in [0.15, 0.2) is 30.5 Å². The van der Waals surface area contributed by atoms with Crippen LogP contribution in [0, 0.1) is 0 Å². The van der Waals surface area contributed by atoms with Crippen LogP contribution in [0.25, 0.3) is 10.9 Å². The highest BCUT2D eigenvalue weighted by Crippen LogP contribution is 2.17. The first-order valence-corrected chi connectivity index (χ1v) is 6.62. The molecule has 0 bridgehead atoms. The number of aryl methyl sites for hydroxylation is 1. The monoisotopic (exact) mass is 233 g/mol. The molecule has 16 heavy (non-hydrogen) atoms. The molecule has 1 aromatic heterocycles. The van der Waals surface area contributed by atoms with Crippen LogP contribution in [-0.2, 0) is 6.54 Å². The fourth-order valence-electron chi connectivity index (χ4n) is 1.78. The molecule has 1 heterocycles. The van der Waals surface area contributed by atoms with Crippen molar-refractivity contribution in [3.05, 3.63) is 36.0 Å². The van der Waals surface area contributed by atoms with Crippen LogP contribution in [0.3, 0.4) is 0 Å². The highest BCUT2D eigenvalue weighted by molar-refractivity contribution is 7.99. The molecule has 1 aromatic carbocycles. The van der Waals surface area contributed by atoms with Crippen LogP contribution in [0.1, 0.15) is 17.3 Å². The van der Waals surface area contributed by atoms with E-state index in [0.717, 1.165) is 35.4 Å². The summed E-state index contributed by atoms with van der Waals surface area (Å²) in [6, 6.07) is 7.92.